The Morgan fingerprint density at radius 1 is 0.512 bits per heavy atom. The summed E-state index contributed by atoms with van der Waals surface area (Å²) in [4.78, 5) is 0. The second kappa shape index (κ2) is 13.3. The number of methoxy groups -OCH3 is 4. The first-order chi connectivity index (χ1) is 20.9. The molecule has 4 aliphatic rings. The van der Waals surface area contributed by atoms with Gasteiger partial charge in [-0.3, -0.25) is 0 Å². The Hall–Kier alpha value is -0.600. The first-order valence-corrected chi connectivity index (χ1v) is 21.4. The van der Waals surface area contributed by atoms with Gasteiger partial charge in [0.05, 0.1) is 53.9 Å². The van der Waals surface area contributed by atoms with Crippen molar-refractivity contribution < 1.29 is 18.9 Å². The highest BCUT2D eigenvalue weighted by Crippen LogP contribution is 2.69. The monoisotopic (exact) mass is 724 g/mol. The molecule has 0 atom stereocenters. The smallest absolute Gasteiger partial charge is 0.161 e. The van der Waals surface area contributed by atoms with Crippen molar-refractivity contribution in [2.24, 2.45) is 0 Å². The standard InChI is InChI=1S/C31H32O4S8/c1-32-21-9-15-17(25-40-27(36-5)28(37-6)41-25)13-31(19(15)11-23(21)34-3)14-18(26-42-29(38-7)30(39-8)43-26)16-10-22(33-2)24(35-4)12-20(16)31/h9-12H,13-14H2,1-8H3. The largest absolute Gasteiger partial charge is 0.493 e. The molecule has 1 spiro atoms. The topological polar surface area (TPSA) is 36.9 Å². The number of benzene rings is 2. The van der Waals surface area contributed by atoms with Crippen LogP contribution >= 0.6 is 94.1 Å². The lowest BCUT2D eigenvalue weighted by atomic mass is 9.76. The van der Waals surface area contributed by atoms with E-state index in [4.69, 9.17) is 18.9 Å². The maximum absolute atomic E-state index is 5.90. The quantitative estimate of drug-likeness (QED) is 0.260. The normalized spacial score (nSPS) is 18.8. The Kier molecular flexibility index (Phi) is 9.97. The summed E-state index contributed by atoms with van der Waals surface area (Å²) < 4.78 is 31.8. The number of rotatable bonds is 8. The molecule has 0 N–H and O–H groups in total. The van der Waals surface area contributed by atoms with Gasteiger partial charge in [0.1, 0.15) is 0 Å². The van der Waals surface area contributed by atoms with E-state index in [1.54, 1.807) is 28.4 Å². The minimum atomic E-state index is -0.278. The molecule has 4 nitrogen and oxygen atoms in total. The van der Waals surface area contributed by atoms with E-state index in [2.05, 4.69) is 49.3 Å². The van der Waals surface area contributed by atoms with Crippen molar-refractivity contribution in [3.8, 4) is 23.0 Å². The third-order valence-electron chi connectivity index (χ3n) is 8.00. The third kappa shape index (κ3) is 5.37. The van der Waals surface area contributed by atoms with E-state index in [1.807, 2.05) is 94.1 Å². The molecule has 6 rings (SSSR count). The lowest BCUT2D eigenvalue weighted by Crippen LogP contribution is -2.21. The Morgan fingerprint density at radius 3 is 1.09 bits per heavy atom. The molecule has 2 aromatic carbocycles. The molecular formula is C31H32O4S8. The molecule has 0 radical (unpaired) electrons. The van der Waals surface area contributed by atoms with E-state index < -0.39 is 0 Å². The van der Waals surface area contributed by atoms with Crippen molar-refractivity contribution in [2.75, 3.05) is 53.5 Å². The molecule has 2 aliphatic carbocycles. The zero-order valence-electron chi connectivity index (χ0n) is 25.1. The second-order valence-electron chi connectivity index (χ2n) is 9.85. The van der Waals surface area contributed by atoms with E-state index in [1.165, 1.54) is 58.8 Å². The highest BCUT2D eigenvalue weighted by molar-refractivity contribution is 8.41. The van der Waals surface area contributed by atoms with Crippen LogP contribution in [0.2, 0.25) is 0 Å². The number of hydrogen-bond acceptors (Lipinski definition) is 12. The minimum Gasteiger partial charge on any atom is -0.493 e. The second-order valence-corrected chi connectivity index (χ2v) is 18.7. The van der Waals surface area contributed by atoms with Crippen molar-refractivity contribution in [1.82, 2.24) is 0 Å². The third-order valence-corrected chi connectivity index (χ3v) is 18.6. The fourth-order valence-electron chi connectivity index (χ4n) is 6.09. The van der Waals surface area contributed by atoms with Gasteiger partial charge in [-0.25, -0.2) is 0 Å². The van der Waals surface area contributed by atoms with Gasteiger partial charge in [0, 0.05) is 5.41 Å². The average molecular weight is 725 g/mol. The molecule has 0 saturated heterocycles. The van der Waals surface area contributed by atoms with Gasteiger partial charge in [0.2, 0.25) is 0 Å². The van der Waals surface area contributed by atoms with Crippen LogP contribution in [0.4, 0.5) is 0 Å². The number of ether oxygens (including phenoxy) is 4. The summed E-state index contributed by atoms with van der Waals surface area (Å²) in [5.41, 5.74) is 7.57. The molecule has 0 bridgehead atoms. The van der Waals surface area contributed by atoms with Crippen molar-refractivity contribution >= 4 is 105 Å². The first-order valence-electron chi connectivity index (χ1n) is 13.3. The molecule has 2 aromatic rings. The van der Waals surface area contributed by atoms with Gasteiger partial charge in [0.25, 0.3) is 0 Å². The molecule has 12 heteroatoms. The minimum absolute atomic E-state index is 0.278. The molecule has 0 saturated carbocycles. The highest BCUT2D eigenvalue weighted by Gasteiger charge is 2.52. The molecule has 2 aliphatic heterocycles. The van der Waals surface area contributed by atoms with E-state index in [0.717, 1.165) is 35.8 Å². The Labute approximate surface area is 288 Å². The van der Waals surface area contributed by atoms with Crippen LogP contribution in [-0.4, -0.2) is 53.5 Å². The van der Waals surface area contributed by atoms with E-state index in [-0.39, 0.29) is 5.41 Å². The molecule has 43 heavy (non-hydrogen) atoms. The summed E-state index contributed by atoms with van der Waals surface area (Å²) in [6, 6.07) is 8.86. The zero-order chi connectivity index (χ0) is 30.5. The van der Waals surface area contributed by atoms with Gasteiger partial charge < -0.3 is 18.9 Å². The predicted molar refractivity (Wildman–Crippen MR) is 201 cm³/mol. The van der Waals surface area contributed by atoms with Crippen molar-refractivity contribution in [3.05, 3.63) is 71.9 Å². The van der Waals surface area contributed by atoms with Crippen LogP contribution in [0.25, 0.3) is 11.1 Å². The molecule has 2 heterocycles. The van der Waals surface area contributed by atoms with Crippen LogP contribution < -0.4 is 18.9 Å². The van der Waals surface area contributed by atoms with Gasteiger partial charge >= 0.3 is 0 Å². The summed E-state index contributed by atoms with van der Waals surface area (Å²) in [7, 11) is 6.89. The number of hydrogen-bond donors (Lipinski definition) is 0. The molecule has 0 amide bonds. The molecule has 0 aromatic heterocycles. The van der Waals surface area contributed by atoms with Crippen LogP contribution in [0.5, 0.6) is 23.0 Å². The fraction of sp³-hybridized carbons (Fsp3) is 0.355. The molecule has 0 unspecified atom stereocenters. The maximum atomic E-state index is 5.90. The highest BCUT2D eigenvalue weighted by atomic mass is 32.3. The van der Waals surface area contributed by atoms with E-state index in [0.29, 0.717) is 0 Å². The fourth-order valence-corrected chi connectivity index (χ4v) is 16.3. The number of fused-ring (bicyclic) bond motifs is 4. The van der Waals surface area contributed by atoms with Gasteiger partial charge in [-0.1, -0.05) is 47.0 Å². The Balaban J connectivity index is 1.61. The van der Waals surface area contributed by atoms with Crippen LogP contribution in [0.1, 0.15) is 35.1 Å². The average Bonchev–Trinajstić information content (AvgIpc) is 3.81. The Morgan fingerprint density at radius 2 is 0.814 bits per heavy atom. The van der Waals surface area contributed by atoms with Crippen LogP contribution in [0.15, 0.2) is 49.7 Å². The summed E-state index contributed by atoms with van der Waals surface area (Å²) >= 11 is 15.0. The lowest BCUT2D eigenvalue weighted by Gasteiger charge is -2.27. The zero-order valence-corrected chi connectivity index (χ0v) is 31.7. The first kappa shape index (κ1) is 32.3. The molecular weight excluding hydrogens is 693 g/mol. The molecule has 0 fully saturated rings. The predicted octanol–water partition coefficient (Wildman–Crippen LogP) is 10.8. The van der Waals surface area contributed by atoms with Crippen molar-refractivity contribution in [1.29, 1.82) is 0 Å². The summed E-state index contributed by atoms with van der Waals surface area (Å²) in [6.07, 6.45) is 10.5. The lowest BCUT2D eigenvalue weighted by molar-refractivity contribution is 0.352. The van der Waals surface area contributed by atoms with Gasteiger partial charge in [0.15, 0.2) is 23.0 Å². The summed E-state index contributed by atoms with van der Waals surface area (Å²) in [5.74, 6) is 3.04. The van der Waals surface area contributed by atoms with Crippen LogP contribution in [0, 0.1) is 0 Å². The SMILES string of the molecule is COc1cc2c(cc1OC)C1(CC2=C2SC(SC)=C(SC)S2)CC(=C2SC(SC)=C(SC)S2)c2cc(OC)c(OC)cc21. The number of allylic oxidation sites excluding steroid dienone is 2. The van der Waals surface area contributed by atoms with Gasteiger partial charge in [-0.15, -0.1) is 47.0 Å². The summed E-state index contributed by atoms with van der Waals surface area (Å²) in [6.45, 7) is 0. The van der Waals surface area contributed by atoms with Crippen LogP contribution in [0.3, 0.4) is 0 Å². The maximum Gasteiger partial charge on any atom is 0.161 e. The van der Waals surface area contributed by atoms with Gasteiger partial charge in [-0.05, 0) is 95.5 Å². The van der Waals surface area contributed by atoms with Crippen molar-refractivity contribution in [3.63, 3.8) is 0 Å². The van der Waals surface area contributed by atoms with E-state index >= 15 is 0 Å². The molecule has 228 valence electrons. The van der Waals surface area contributed by atoms with Crippen LogP contribution in [-0.2, 0) is 5.41 Å². The summed E-state index contributed by atoms with van der Waals surface area (Å²) in [5, 5.41) is 0. The van der Waals surface area contributed by atoms with Gasteiger partial charge in [-0.2, -0.15) is 0 Å². The Bertz CT molecular complexity index is 1470. The number of thioether (sulfide) groups is 8. The van der Waals surface area contributed by atoms with E-state index in [9.17, 15) is 0 Å². The van der Waals surface area contributed by atoms with Crippen molar-refractivity contribution in [2.45, 2.75) is 18.3 Å².